The Hall–Kier alpha value is -1.32. The Kier molecular flexibility index (Phi) is 4.27. The van der Waals surface area contributed by atoms with Crippen LogP contribution in [0.25, 0.3) is 0 Å². The van der Waals surface area contributed by atoms with Crippen molar-refractivity contribution in [3.63, 3.8) is 0 Å². The number of rotatable bonds is 7. The summed E-state index contributed by atoms with van der Waals surface area (Å²) in [5, 5.41) is 6.73. The average Bonchev–Trinajstić information content (AvgIpc) is 3.19. The third kappa shape index (κ3) is 2.99. The largest absolute Gasteiger partial charge is 0.373 e. The molecule has 1 fully saturated rings. The van der Waals surface area contributed by atoms with Gasteiger partial charge in [-0.05, 0) is 30.6 Å². The van der Waals surface area contributed by atoms with Crippen molar-refractivity contribution in [1.82, 2.24) is 9.97 Å². The van der Waals surface area contributed by atoms with Crippen molar-refractivity contribution in [2.75, 3.05) is 24.2 Å². The lowest BCUT2D eigenvalue weighted by atomic mass is 9.92. The number of nitrogens with zero attached hydrogens (tertiary/aromatic N) is 2. The fourth-order valence-electron chi connectivity index (χ4n) is 2.65. The zero-order chi connectivity index (χ0) is 13.9. The van der Waals surface area contributed by atoms with Crippen molar-refractivity contribution in [3.8, 4) is 0 Å². The first-order valence-electron chi connectivity index (χ1n) is 7.38. The highest BCUT2D eigenvalue weighted by molar-refractivity contribution is 5.57. The molecule has 19 heavy (non-hydrogen) atoms. The first-order valence-corrected chi connectivity index (χ1v) is 7.38. The lowest BCUT2D eigenvalue weighted by molar-refractivity contribution is 0.379. The van der Waals surface area contributed by atoms with Gasteiger partial charge in [0.15, 0.2) is 0 Å². The van der Waals surface area contributed by atoms with E-state index in [2.05, 4.69) is 41.4 Å². The molecule has 1 aliphatic rings. The van der Waals surface area contributed by atoms with Gasteiger partial charge in [-0.1, -0.05) is 27.2 Å². The predicted octanol–water partition coefficient (Wildman–Crippen LogP) is 3.32. The van der Waals surface area contributed by atoms with Crippen LogP contribution in [0.2, 0.25) is 0 Å². The summed E-state index contributed by atoms with van der Waals surface area (Å²) in [5.74, 6) is 2.70. The monoisotopic (exact) mass is 262 g/mol. The second-order valence-electron chi connectivity index (χ2n) is 5.92. The molecule has 0 aliphatic heterocycles. The molecule has 1 aromatic rings. The highest BCUT2D eigenvalue weighted by Gasteiger charge is 2.45. The molecule has 0 unspecified atom stereocenters. The van der Waals surface area contributed by atoms with E-state index in [0.29, 0.717) is 5.41 Å². The molecule has 2 rings (SSSR count). The molecule has 0 saturated heterocycles. The zero-order valence-electron chi connectivity index (χ0n) is 12.6. The van der Waals surface area contributed by atoms with Crippen LogP contribution in [0, 0.1) is 11.3 Å². The van der Waals surface area contributed by atoms with Crippen LogP contribution in [0.3, 0.4) is 0 Å². The summed E-state index contributed by atoms with van der Waals surface area (Å²) in [7, 11) is 1.92. The first kappa shape index (κ1) is 14.1. The van der Waals surface area contributed by atoms with Gasteiger partial charge in [0, 0.05) is 19.2 Å². The third-order valence-electron chi connectivity index (χ3n) is 4.41. The smallest absolute Gasteiger partial charge is 0.134 e. The van der Waals surface area contributed by atoms with Crippen LogP contribution in [-0.4, -0.2) is 23.6 Å². The van der Waals surface area contributed by atoms with E-state index in [-0.39, 0.29) is 0 Å². The zero-order valence-corrected chi connectivity index (χ0v) is 12.6. The van der Waals surface area contributed by atoms with Crippen LogP contribution in [0.5, 0.6) is 0 Å². The van der Waals surface area contributed by atoms with Crippen LogP contribution in [-0.2, 0) is 6.42 Å². The molecule has 106 valence electrons. The maximum Gasteiger partial charge on any atom is 0.134 e. The number of hydrogen-bond donors (Lipinski definition) is 2. The Morgan fingerprint density at radius 3 is 2.47 bits per heavy atom. The first-order chi connectivity index (χ1) is 9.13. The summed E-state index contributed by atoms with van der Waals surface area (Å²) in [6, 6.07) is 0. The summed E-state index contributed by atoms with van der Waals surface area (Å²) in [4.78, 5) is 8.74. The number of aromatic nitrogens is 2. The van der Waals surface area contributed by atoms with E-state index in [1.165, 1.54) is 18.4 Å². The Balaban J connectivity index is 2.11. The van der Waals surface area contributed by atoms with Gasteiger partial charge >= 0.3 is 0 Å². The Morgan fingerprint density at radius 1 is 1.26 bits per heavy atom. The van der Waals surface area contributed by atoms with Crippen molar-refractivity contribution in [2.45, 2.75) is 46.5 Å². The van der Waals surface area contributed by atoms with E-state index in [9.17, 15) is 0 Å². The third-order valence-corrected chi connectivity index (χ3v) is 4.41. The molecule has 1 aliphatic carbocycles. The van der Waals surface area contributed by atoms with Crippen molar-refractivity contribution in [2.24, 2.45) is 11.3 Å². The average molecular weight is 262 g/mol. The van der Waals surface area contributed by atoms with Crippen LogP contribution < -0.4 is 10.6 Å². The van der Waals surface area contributed by atoms with Gasteiger partial charge in [0.2, 0.25) is 0 Å². The molecule has 1 aromatic heterocycles. The van der Waals surface area contributed by atoms with Crippen LogP contribution in [0.15, 0.2) is 6.33 Å². The maximum absolute atomic E-state index is 4.43. The fourth-order valence-corrected chi connectivity index (χ4v) is 2.65. The van der Waals surface area contributed by atoms with Gasteiger partial charge in [0.1, 0.15) is 18.0 Å². The lowest BCUT2D eigenvalue weighted by Crippen LogP contribution is -2.22. The van der Waals surface area contributed by atoms with E-state index < -0.39 is 0 Å². The Bertz CT molecular complexity index is 424. The van der Waals surface area contributed by atoms with Crippen LogP contribution in [0.1, 0.15) is 45.6 Å². The van der Waals surface area contributed by atoms with Crippen molar-refractivity contribution in [3.05, 3.63) is 11.9 Å². The highest BCUT2D eigenvalue weighted by atomic mass is 15.1. The van der Waals surface area contributed by atoms with Gasteiger partial charge in [-0.15, -0.1) is 0 Å². The minimum absolute atomic E-state index is 0.494. The quantitative estimate of drug-likeness (QED) is 0.791. The molecule has 4 nitrogen and oxygen atoms in total. The molecule has 1 saturated carbocycles. The summed E-state index contributed by atoms with van der Waals surface area (Å²) in [6.07, 6.45) is 6.43. The molecule has 0 amide bonds. The summed E-state index contributed by atoms with van der Waals surface area (Å²) in [5.41, 5.74) is 1.71. The molecular formula is C15H26N4. The Morgan fingerprint density at radius 2 is 1.95 bits per heavy atom. The van der Waals surface area contributed by atoms with E-state index >= 15 is 0 Å². The minimum Gasteiger partial charge on any atom is -0.373 e. The van der Waals surface area contributed by atoms with E-state index in [1.54, 1.807) is 6.33 Å². The van der Waals surface area contributed by atoms with E-state index in [4.69, 9.17) is 0 Å². The lowest BCUT2D eigenvalue weighted by Gasteiger charge is -2.21. The van der Waals surface area contributed by atoms with Crippen molar-refractivity contribution >= 4 is 11.6 Å². The number of nitrogens with one attached hydrogen (secondary N) is 2. The van der Waals surface area contributed by atoms with Gasteiger partial charge in [-0.3, -0.25) is 0 Å². The van der Waals surface area contributed by atoms with Crippen molar-refractivity contribution < 1.29 is 0 Å². The van der Waals surface area contributed by atoms with Crippen LogP contribution in [0.4, 0.5) is 11.6 Å². The Labute approximate surface area is 116 Å². The van der Waals surface area contributed by atoms with Gasteiger partial charge < -0.3 is 10.6 Å². The molecule has 4 heteroatoms. The molecular weight excluding hydrogens is 236 g/mol. The van der Waals surface area contributed by atoms with E-state index in [0.717, 1.165) is 36.9 Å². The molecule has 0 atom stereocenters. The maximum atomic E-state index is 4.43. The summed E-state index contributed by atoms with van der Waals surface area (Å²) < 4.78 is 0. The van der Waals surface area contributed by atoms with Crippen LogP contribution >= 0.6 is 0 Å². The topological polar surface area (TPSA) is 49.8 Å². The predicted molar refractivity (Wildman–Crippen MR) is 80.6 cm³/mol. The second-order valence-corrected chi connectivity index (χ2v) is 5.92. The molecule has 2 N–H and O–H groups in total. The van der Waals surface area contributed by atoms with Gasteiger partial charge in [-0.25, -0.2) is 9.97 Å². The standard InChI is InChI=1S/C15H26N4/c1-5-6-12-13(16-4)18-10-19-14(12)17-9-15(7-8-15)11(2)3/h10-11H,5-9H2,1-4H3,(H2,16,17,18,19). The SMILES string of the molecule is CCCc1c(NC)ncnc1NCC1(C(C)C)CC1. The normalized spacial score (nSPS) is 16.5. The van der Waals surface area contributed by atoms with Gasteiger partial charge in [0.05, 0.1) is 0 Å². The molecule has 0 radical (unpaired) electrons. The summed E-state index contributed by atoms with van der Waals surface area (Å²) in [6.45, 7) is 7.86. The molecule has 0 bridgehead atoms. The number of hydrogen-bond acceptors (Lipinski definition) is 4. The molecule has 0 aromatic carbocycles. The summed E-state index contributed by atoms with van der Waals surface area (Å²) >= 11 is 0. The highest BCUT2D eigenvalue weighted by Crippen LogP contribution is 2.51. The second kappa shape index (κ2) is 5.76. The number of anilines is 2. The minimum atomic E-state index is 0.494. The fraction of sp³-hybridized carbons (Fsp3) is 0.733. The van der Waals surface area contributed by atoms with E-state index in [1.807, 2.05) is 7.05 Å². The van der Waals surface area contributed by atoms with Gasteiger partial charge in [-0.2, -0.15) is 0 Å². The van der Waals surface area contributed by atoms with Crippen molar-refractivity contribution in [1.29, 1.82) is 0 Å². The van der Waals surface area contributed by atoms with Gasteiger partial charge in [0.25, 0.3) is 0 Å². The molecule has 1 heterocycles. The molecule has 0 spiro atoms.